The summed E-state index contributed by atoms with van der Waals surface area (Å²) in [5, 5.41) is 10.5. The first-order chi connectivity index (χ1) is 15.7. The van der Waals surface area contributed by atoms with Gasteiger partial charge in [-0.05, 0) is 38.0 Å². The highest BCUT2D eigenvalue weighted by molar-refractivity contribution is 5.91. The average molecular weight is 465 g/mol. The SMILES string of the molecule is CCNC(=O)CC.CNC(=O)CCNC(=O)CCc1ccc(NC(=O)COCC(C)=O)cc1. The molecule has 0 unspecified atom stereocenters. The molecule has 1 aromatic rings. The smallest absolute Gasteiger partial charge is 0.250 e. The maximum atomic E-state index is 11.7. The van der Waals surface area contributed by atoms with Crippen LogP contribution in [0.4, 0.5) is 5.69 Å². The molecule has 0 bridgehead atoms. The van der Waals surface area contributed by atoms with Crippen LogP contribution in [-0.2, 0) is 35.1 Å². The lowest BCUT2D eigenvalue weighted by molar-refractivity contribution is -0.126. The van der Waals surface area contributed by atoms with Gasteiger partial charge in [0.2, 0.25) is 23.6 Å². The van der Waals surface area contributed by atoms with E-state index in [0.29, 0.717) is 31.5 Å². The Kier molecular flexibility index (Phi) is 16.5. The summed E-state index contributed by atoms with van der Waals surface area (Å²) in [6, 6.07) is 7.12. The molecule has 0 radical (unpaired) electrons. The predicted molar refractivity (Wildman–Crippen MR) is 126 cm³/mol. The van der Waals surface area contributed by atoms with Gasteiger partial charge in [0.05, 0.1) is 0 Å². The molecule has 33 heavy (non-hydrogen) atoms. The molecule has 1 aromatic carbocycles. The van der Waals surface area contributed by atoms with Crippen molar-refractivity contribution in [2.24, 2.45) is 0 Å². The normalized spacial score (nSPS) is 9.70. The maximum absolute atomic E-state index is 11.7. The van der Waals surface area contributed by atoms with E-state index >= 15 is 0 Å². The van der Waals surface area contributed by atoms with Crippen molar-refractivity contribution in [2.75, 3.05) is 38.7 Å². The lowest BCUT2D eigenvalue weighted by Crippen LogP contribution is -2.29. The Balaban J connectivity index is 0.00000126. The van der Waals surface area contributed by atoms with E-state index in [1.165, 1.54) is 6.92 Å². The van der Waals surface area contributed by atoms with Gasteiger partial charge in [0.15, 0.2) is 5.78 Å². The minimum Gasteiger partial charge on any atom is -0.364 e. The minimum absolute atomic E-state index is 0.0858. The summed E-state index contributed by atoms with van der Waals surface area (Å²) in [4.78, 5) is 55.4. The molecule has 1 rings (SSSR count). The summed E-state index contributed by atoms with van der Waals surface area (Å²) in [5.74, 6) is -0.583. The van der Waals surface area contributed by atoms with Crippen molar-refractivity contribution in [3.63, 3.8) is 0 Å². The van der Waals surface area contributed by atoms with E-state index in [9.17, 15) is 24.0 Å². The Morgan fingerprint density at radius 3 is 2.00 bits per heavy atom. The molecule has 0 aromatic heterocycles. The van der Waals surface area contributed by atoms with Crippen molar-refractivity contribution in [3.05, 3.63) is 29.8 Å². The van der Waals surface area contributed by atoms with Gasteiger partial charge in [-0.3, -0.25) is 24.0 Å². The van der Waals surface area contributed by atoms with Gasteiger partial charge in [0, 0.05) is 45.1 Å². The van der Waals surface area contributed by atoms with Gasteiger partial charge < -0.3 is 26.0 Å². The van der Waals surface area contributed by atoms with Crippen LogP contribution >= 0.6 is 0 Å². The number of carbonyl (C=O) groups is 5. The van der Waals surface area contributed by atoms with Crippen molar-refractivity contribution < 1.29 is 28.7 Å². The molecule has 10 heteroatoms. The quantitative estimate of drug-likeness (QED) is 0.342. The number of carbonyl (C=O) groups excluding carboxylic acids is 5. The Hall–Kier alpha value is -3.27. The van der Waals surface area contributed by atoms with E-state index < -0.39 is 0 Å². The molecule has 0 atom stereocenters. The number of aryl methyl sites for hydroxylation is 1. The van der Waals surface area contributed by atoms with Crippen LogP contribution in [0.3, 0.4) is 0 Å². The topological polar surface area (TPSA) is 143 Å². The van der Waals surface area contributed by atoms with Gasteiger partial charge in [0.25, 0.3) is 0 Å². The average Bonchev–Trinajstić information content (AvgIpc) is 2.78. The Bertz CT molecular complexity index is 765. The van der Waals surface area contributed by atoms with Crippen LogP contribution in [0, 0.1) is 0 Å². The largest absolute Gasteiger partial charge is 0.364 e. The molecular weight excluding hydrogens is 428 g/mol. The monoisotopic (exact) mass is 464 g/mol. The van der Waals surface area contributed by atoms with Crippen LogP contribution in [0.25, 0.3) is 0 Å². The molecular formula is C23H36N4O6. The van der Waals surface area contributed by atoms with Crippen molar-refractivity contribution in [1.82, 2.24) is 16.0 Å². The van der Waals surface area contributed by atoms with Crippen molar-refractivity contribution in [3.8, 4) is 0 Å². The molecule has 0 aliphatic carbocycles. The van der Waals surface area contributed by atoms with Crippen LogP contribution in [0.1, 0.15) is 45.6 Å². The molecule has 0 heterocycles. The van der Waals surface area contributed by atoms with Gasteiger partial charge in [-0.2, -0.15) is 0 Å². The first-order valence-corrected chi connectivity index (χ1v) is 10.9. The van der Waals surface area contributed by atoms with E-state index in [1.54, 1.807) is 19.2 Å². The van der Waals surface area contributed by atoms with Gasteiger partial charge in [-0.25, -0.2) is 0 Å². The number of ketones is 1. The number of hydrogen-bond donors (Lipinski definition) is 4. The van der Waals surface area contributed by atoms with E-state index in [-0.39, 0.29) is 49.0 Å². The van der Waals surface area contributed by atoms with E-state index in [2.05, 4.69) is 21.3 Å². The van der Waals surface area contributed by atoms with E-state index in [0.717, 1.165) is 12.1 Å². The van der Waals surface area contributed by atoms with Crippen molar-refractivity contribution >= 4 is 35.1 Å². The highest BCUT2D eigenvalue weighted by atomic mass is 16.5. The number of ether oxygens (including phenoxy) is 1. The van der Waals surface area contributed by atoms with Crippen LogP contribution in [0.5, 0.6) is 0 Å². The van der Waals surface area contributed by atoms with E-state index in [4.69, 9.17) is 4.74 Å². The zero-order valence-electron chi connectivity index (χ0n) is 19.9. The third-order valence-corrected chi connectivity index (χ3v) is 4.07. The summed E-state index contributed by atoms with van der Waals surface area (Å²) >= 11 is 0. The predicted octanol–water partition coefficient (Wildman–Crippen LogP) is 0.948. The lowest BCUT2D eigenvalue weighted by atomic mass is 10.1. The Morgan fingerprint density at radius 1 is 0.818 bits per heavy atom. The zero-order valence-corrected chi connectivity index (χ0v) is 19.9. The number of rotatable bonds is 13. The number of hydrogen-bond acceptors (Lipinski definition) is 6. The van der Waals surface area contributed by atoms with Gasteiger partial charge in [0.1, 0.15) is 13.2 Å². The number of Topliss-reactive ketones (excluding diaryl/α,β-unsaturated/α-hetero) is 1. The summed E-state index contributed by atoms with van der Waals surface area (Å²) in [5.41, 5.74) is 1.57. The molecule has 184 valence electrons. The summed E-state index contributed by atoms with van der Waals surface area (Å²) in [6.45, 7) is 5.92. The first kappa shape index (κ1) is 29.7. The summed E-state index contributed by atoms with van der Waals surface area (Å²) in [6.07, 6.45) is 1.72. The second-order valence-electron chi connectivity index (χ2n) is 7.02. The van der Waals surface area contributed by atoms with Crippen LogP contribution in [-0.4, -0.2) is 62.8 Å². The van der Waals surface area contributed by atoms with Gasteiger partial charge in [-0.1, -0.05) is 19.1 Å². The van der Waals surface area contributed by atoms with Crippen LogP contribution in [0.15, 0.2) is 24.3 Å². The number of amides is 4. The molecule has 0 aliphatic rings. The minimum atomic E-state index is -0.338. The van der Waals surface area contributed by atoms with Gasteiger partial charge >= 0.3 is 0 Å². The lowest BCUT2D eigenvalue weighted by Gasteiger charge is -2.07. The second-order valence-corrected chi connectivity index (χ2v) is 7.02. The third-order valence-electron chi connectivity index (χ3n) is 4.07. The van der Waals surface area contributed by atoms with Crippen LogP contribution < -0.4 is 21.3 Å². The standard InChI is InChI=1S/C18H25N3O5.C5H11NO/c1-13(22)11-26-12-18(25)21-15-6-3-14(4-7-15)5-8-17(24)20-10-9-16(23)19-2;1-3-5(7)6-4-2/h3-4,6-7H,5,8-12H2,1-2H3,(H,19,23)(H,20,24)(H,21,25);3-4H2,1-2H3,(H,6,7). The van der Waals surface area contributed by atoms with Crippen LogP contribution in [0.2, 0.25) is 0 Å². The number of anilines is 1. The van der Waals surface area contributed by atoms with Crippen molar-refractivity contribution in [1.29, 1.82) is 0 Å². The highest BCUT2D eigenvalue weighted by Crippen LogP contribution is 2.11. The fourth-order valence-electron chi connectivity index (χ4n) is 2.35. The first-order valence-electron chi connectivity index (χ1n) is 10.9. The van der Waals surface area contributed by atoms with E-state index in [1.807, 2.05) is 26.0 Å². The fraction of sp³-hybridized carbons (Fsp3) is 0.522. The molecule has 4 amide bonds. The maximum Gasteiger partial charge on any atom is 0.250 e. The number of benzene rings is 1. The zero-order chi connectivity index (χ0) is 25.1. The molecule has 0 aliphatic heterocycles. The van der Waals surface area contributed by atoms with Gasteiger partial charge in [-0.15, -0.1) is 0 Å². The molecule has 0 spiro atoms. The molecule has 10 nitrogen and oxygen atoms in total. The molecule has 0 fully saturated rings. The molecule has 0 saturated heterocycles. The summed E-state index contributed by atoms with van der Waals surface area (Å²) < 4.78 is 4.94. The fourth-order valence-corrected chi connectivity index (χ4v) is 2.35. The Morgan fingerprint density at radius 2 is 1.48 bits per heavy atom. The highest BCUT2D eigenvalue weighted by Gasteiger charge is 2.06. The summed E-state index contributed by atoms with van der Waals surface area (Å²) in [7, 11) is 1.55. The molecule has 4 N–H and O–H groups in total. The Labute approximate surface area is 195 Å². The second kappa shape index (κ2) is 18.3. The molecule has 0 saturated carbocycles. The van der Waals surface area contributed by atoms with Crippen molar-refractivity contribution in [2.45, 2.75) is 46.5 Å². The number of nitrogens with one attached hydrogen (secondary N) is 4. The third kappa shape index (κ3) is 17.0.